The highest BCUT2D eigenvalue weighted by atomic mass is 19.1. The fourth-order valence-electron chi connectivity index (χ4n) is 9.37. The fourth-order valence-corrected chi connectivity index (χ4v) is 9.37. The lowest BCUT2D eigenvalue weighted by Gasteiger charge is -2.50. The molecule has 1 unspecified atom stereocenters. The van der Waals surface area contributed by atoms with Gasteiger partial charge < -0.3 is 19.9 Å². The number of likely N-dealkylation sites (tertiary alicyclic amines) is 2. The van der Waals surface area contributed by atoms with Crippen LogP contribution in [-0.4, -0.2) is 103 Å². The minimum absolute atomic E-state index is 0.184. The van der Waals surface area contributed by atoms with Gasteiger partial charge >= 0.3 is 0 Å². The van der Waals surface area contributed by atoms with Crippen LogP contribution in [0, 0.1) is 0 Å². The summed E-state index contributed by atoms with van der Waals surface area (Å²) >= 11 is 0. The van der Waals surface area contributed by atoms with Crippen molar-refractivity contribution in [3.63, 3.8) is 0 Å². The van der Waals surface area contributed by atoms with Gasteiger partial charge in [0, 0.05) is 100 Å². The molecule has 14 heteroatoms. The van der Waals surface area contributed by atoms with Crippen molar-refractivity contribution < 1.29 is 18.7 Å². The van der Waals surface area contributed by atoms with Gasteiger partial charge in [0.1, 0.15) is 41.0 Å². The summed E-state index contributed by atoms with van der Waals surface area (Å²) in [5.41, 5.74) is 8.75. The molecular formula is C44H47FN10O3. The molecule has 3 aromatic heterocycles. The van der Waals surface area contributed by atoms with E-state index in [0.29, 0.717) is 57.2 Å². The number of hydrogen-bond donors (Lipinski definition) is 2. The van der Waals surface area contributed by atoms with E-state index in [1.807, 2.05) is 71.6 Å². The number of fused-ring (bicyclic) bond motifs is 2. The summed E-state index contributed by atoms with van der Waals surface area (Å²) in [5, 5.41) is 10.4. The number of para-hydroxylation sites is 1. The molecule has 4 fully saturated rings. The van der Waals surface area contributed by atoms with Crippen LogP contribution in [0.2, 0.25) is 0 Å². The number of rotatable bonds is 9. The summed E-state index contributed by atoms with van der Waals surface area (Å²) in [7, 11) is 0. The van der Waals surface area contributed by atoms with E-state index in [2.05, 4.69) is 52.9 Å². The molecule has 4 aliphatic rings. The molecule has 298 valence electrons. The SMILES string of the molecule is Nc1ncnc2c1c(-c1ccc(Oc3ccccc3)cc1)nn2C1CCN(C2CN(CC3(F)CCN(c4ccc5cn(C6CCC(=O)NC6=O)cc5c4)CC3)C2)CC1. The number of carbonyl (C=O) groups excluding carboxylic acids is 2. The zero-order valence-electron chi connectivity index (χ0n) is 32.3. The van der Waals surface area contributed by atoms with E-state index in [0.717, 1.165) is 89.3 Å². The molecule has 7 heterocycles. The summed E-state index contributed by atoms with van der Waals surface area (Å²) in [5.74, 6) is 1.47. The minimum Gasteiger partial charge on any atom is -0.457 e. The van der Waals surface area contributed by atoms with Gasteiger partial charge in [-0.2, -0.15) is 5.10 Å². The maximum atomic E-state index is 16.3. The number of halogens is 1. The second-order valence-corrected chi connectivity index (χ2v) is 16.4. The van der Waals surface area contributed by atoms with Gasteiger partial charge in [-0.1, -0.05) is 24.3 Å². The second-order valence-electron chi connectivity index (χ2n) is 16.4. The first-order chi connectivity index (χ1) is 28.2. The lowest BCUT2D eigenvalue weighted by molar-refractivity contribution is -0.135. The highest BCUT2D eigenvalue weighted by Crippen LogP contribution is 2.37. The van der Waals surface area contributed by atoms with Crippen LogP contribution in [0.3, 0.4) is 0 Å². The van der Waals surface area contributed by atoms with E-state index >= 15 is 4.39 Å². The number of nitrogens with zero attached hydrogens (tertiary/aromatic N) is 8. The number of nitrogens with one attached hydrogen (secondary N) is 1. The number of nitrogens with two attached hydrogens (primary N) is 1. The first kappa shape index (κ1) is 36.5. The Kier molecular flexibility index (Phi) is 9.32. The molecule has 4 aliphatic heterocycles. The van der Waals surface area contributed by atoms with Crippen LogP contribution >= 0.6 is 0 Å². The Morgan fingerprint density at radius 2 is 1.59 bits per heavy atom. The Hall–Kier alpha value is -5.86. The van der Waals surface area contributed by atoms with Crippen LogP contribution in [0.4, 0.5) is 15.9 Å². The highest BCUT2D eigenvalue weighted by Gasteiger charge is 2.42. The number of ether oxygens (including phenoxy) is 1. The van der Waals surface area contributed by atoms with Gasteiger partial charge in [0.2, 0.25) is 11.8 Å². The van der Waals surface area contributed by atoms with E-state index in [4.69, 9.17) is 15.6 Å². The average molecular weight is 783 g/mol. The standard InChI is InChI=1S/C44H47FN10O3/c45-44(16-20-53(21-17-44)33-9-6-30-23-54(24-31(30)22-33)37-12-13-38(56)49-43(37)57)27-51-25-34(26-51)52-18-14-32(15-19-52)55-42-39(41(46)47-28-48-42)40(50-55)29-7-10-36(11-8-29)58-35-4-2-1-3-5-35/h1-11,22-24,28,32,34,37H,12-21,25-27H2,(H2,46,47,48)(H,49,56,57). The van der Waals surface area contributed by atoms with Crippen molar-refractivity contribution in [1.82, 2.24) is 39.4 Å². The highest BCUT2D eigenvalue weighted by molar-refractivity contribution is 6.00. The van der Waals surface area contributed by atoms with Crippen LogP contribution in [0.25, 0.3) is 33.1 Å². The molecule has 0 bridgehead atoms. The minimum atomic E-state index is -1.20. The van der Waals surface area contributed by atoms with Crippen LogP contribution in [0.1, 0.15) is 50.6 Å². The van der Waals surface area contributed by atoms with E-state index in [1.54, 1.807) is 0 Å². The Bertz CT molecular complexity index is 2460. The molecule has 0 saturated carbocycles. The lowest BCUT2D eigenvalue weighted by Crippen LogP contribution is -2.63. The number of piperidine rings is 3. The second kappa shape index (κ2) is 14.8. The van der Waals surface area contributed by atoms with Crippen molar-refractivity contribution >= 4 is 45.1 Å². The van der Waals surface area contributed by atoms with Crippen LogP contribution < -0.4 is 20.7 Å². The number of anilines is 2. The smallest absolute Gasteiger partial charge is 0.249 e. The van der Waals surface area contributed by atoms with Crippen LogP contribution in [0.15, 0.2) is 91.5 Å². The number of imide groups is 1. The number of benzene rings is 3. The first-order valence-corrected chi connectivity index (χ1v) is 20.4. The van der Waals surface area contributed by atoms with Gasteiger partial charge in [0.15, 0.2) is 5.65 Å². The van der Waals surface area contributed by atoms with Gasteiger partial charge in [0.25, 0.3) is 0 Å². The Balaban J connectivity index is 0.722. The number of carbonyl (C=O) groups is 2. The third-order valence-corrected chi connectivity index (χ3v) is 12.7. The molecular weight excluding hydrogens is 736 g/mol. The number of hydrogen-bond acceptors (Lipinski definition) is 10. The van der Waals surface area contributed by atoms with Gasteiger partial charge in [-0.05, 0) is 73.2 Å². The third kappa shape index (κ3) is 7.04. The molecule has 3 N–H and O–H groups in total. The number of aromatic nitrogens is 5. The monoisotopic (exact) mass is 782 g/mol. The van der Waals surface area contributed by atoms with E-state index in [1.165, 1.54) is 6.33 Å². The van der Waals surface area contributed by atoms with Crippen molar-refractivity contribution in [3.8, 4) is 22.8 Å². The van der Waals surface area contributed by atoms with Gasteiger partial charge in [-0.25, -0.2) is 19.0 Å². The molecule has 0 aliphatic carbocycles. The number of nitrogen functional groups attached to an aromatic ring is 1. The Morgan fingerprint density at radius 1 is 0.845 bits per heavy atom. The summed E-state index contributed by atoms with van der Waals surface area (Å²) in [6, 6.07) is 24.1. The third-order valence-electron chi connectivity index (χ3n) is 12.7. The molecule has 58 heavy (non-hydrogen) atoms. The predicted octanol–water partition coefficient (Wildman–Crippen LogP) is 6.13. The van der Waals surface area contributed by atoms with Crippen molar-refractivity contribution in [2.45, 2.75) is 62.3 Å². The molecule has 6 aromatic rings. The largest absolute Gasteiger partial charge is 0.457 e. The summed E-state index contributed by atoms with van der Waals surface area (Å²) < 4.78 is 26.2. The lowest BCUT2D eigenvalue weighted by atomic mass is 9.90. The van der Waals surface area contributed by atoms with Crippen molar-refractivity contribution in [3.05, 3.63) is 91.5 Å². The van der Waals surface area contributed by atoms with Crippen LogP contribution in [0.5, 0.6) is 11.5 Å². The van der Waals surface area contributed by atoms with Crippen molar-refractivity contribution in [2.24, 2.45) is 0 Å². The predicted molar refractivity (Wildman–Crippen MR) is 220 cm³/mol. The van der Waals surface area contributed by atoms with Crippen molar-refractivity contribution in [2.75, 3.05) is 56.4 Å². The van der Waals surface area contributed by atoms with E-state index in [9.17, 15) is 9.59 Å². The Labute approximate surface area is 335 Å². The zero-order chi connectivity index (χ0) is 39.4. The molecule has 0 radical (unpaired) electrons. The Morgan fingerprint density at radius 3 is 2.34 bits per heavy atom. The quantitative estimate of drug-likeness (QED) is 0.165. The molecule has 10 rings (SSSR count). The average Bonchev–Trinajstić information content (AvgIpc) is 3.83. The van der Waals surface area contributed by atoms with Gasteiger partial charge in [-0.15, -0.1) is 0 Å². The molecule has 4 saturated heterocycles. The molecule has 3 aromatic carbocycles. The van der Waals surface area contributed by atoms with E-state index < -0.39 is 5.67 Å². The number of amides is 2. The van der Waals surface area contributed by atoms with Gasteiger partial charge in [0.05, 0.1) is 11.4 Å². The summed E-state index contributed by atoms with van der Waals surface area (Å²) in [6.45, 7) is 5.48. The maximum Gasteiger partial charge on any atom is 0.249 e. The molecule has 0 spiro atoms. The summed E-state index contributed by atoms with van der Waals surface area (Å²) in [4.78, 5) is 40.1. The first-order valence-electron chi connectivity index (χ1n) is 20.4. The number of alkyl halides is 1. The van der Waals surface area contributed by atoms with E-state index in [-0.39, 0.29) is 23.9 Å². The molecule has 13 nitrogen and oxygen atoms in total. The van der Waals surface area contributed by atoms with Gasteiger partial charge in [-0.3, -0.25) is 24.7 Å². The molecule has 1 atom stereocenters. The topological polar surface area (TPSA) is 140 Å². The summed E-state index contributed by atoms with van der Waals surface area (Å²) in [6.07, 6.45) is 9.18. The van der Waals surface area contributed by atoms with Crippen molar-refractivity contribution in [1.29, 1.82) is 0 Å². The molecule has 2 amide bonds. The van der Waals surface area contributed by atoms with Crippen LogP contribution in [-0.2, 0) is 9.59 Å². The zero-order valence-corrected chi connectivity index (χ0v) is 32.3. The normalized spacial score (nSPS) is 21.1. The maximum absolute atomic E-state index is 16.3. The fraction of sp³-hybridized carbons (Fsp3) is 0.386.